The number of amides is 3. The molecule has 0 saturated carbocycles. The van der Waals surface area contributed by atoms with E-state index in [0.717, 1.165) is 28.4 Å². The van der Waals surface area contributed by atoms with Crippen LogP contribution in [0.2, 0.25) is 0 Å². The number of rotatable bonds is 7. The van der Waals surface area contributed by atoms with Gasteiger partial charge in [-0.15, -0.1) is 0 Å². The predicted molar refractivity (Wildman–Crippen MR) is 132 cm³/mol. The van der Waals surface area contributed by atoms with E-state index < -0.39 is 17.6 Å². The predicted octanol–water partition coefficient (Wildman–Crippen LogP) is 3.86. The fourth-order valence-corrected chi connectivity index (χ4v) is 3.34. The molecule has 8 nitrogen and oxygen atoms in total. The van der Waals surface area contributed by atoms with Crippen molar-refractivity contribution in [3.63, 3.8) is 0 Å². The fraction of sp³-hybridized carbons (Fsp3) is 0.154. The first-order chi connectivity index (χ1) is 16.7. The number of hydrogen-bond acceptors (Lipinski definition) is 5. The van der Waals surface area contributed by atoms with Gasteiger partial charge in [0.1, 0.15) is 11.6 Å². The van der Waals surface area contributed by atoms with Gasteiger partial charge in [0.2, 0.25) is 0 Å². The number of aryl methyl sites for hydroxylation is 3. The van der Waals surface area contributed by atoms with Crippen LogP contribution in [0.1, 0.15) is 22.3 Å². The molecule has 0 radical (unpaired) electrons. The van der Waals surface area contributed by atoms with Gasteiger partial charge in [-0.3, -0.25) is 14.4 Å². The number of carbonyl (C=O) groups excluding carboxylic acids is 3. The van der Waals surface area contributed by atoms with Crippen molar-refractivity contribution >= 4 is 35.3 Å². The van der Waals surface area contributed by atoms with Gasteiger partial charge in [-0.05, 0) is 61.7 Å². The van der Waals surface area contributed by atoms with Gasteiger partial charge in [0.25, 0.3) is 5.91 Å². The average molecular weight is 477 g/mol. The van der Waals surface area contributed by atoms with Crippen LogP contribution in [0.15, 0.2) is 65.8 Å². The molecule has 3 rings (SSSR count). The number of para-hydroxylation sites is 1. The molecule has 0 heterocycles. The molecule has 0 aliphatic carbocycles. The van der Waals surface area contributed by atoms with Crippen molar-refractivity contribution in [1.29, 1.82) is 0 Å². The summed E-state index contributed by atoms with van der Waals surface area (Å²) in [4.78, 5) is 36.1. The van der Waals surface area contributed by atoms with Gasteiger partial charge in [-0.2, -0.15) is 5.10 Å². The Bertz CT molecular complexity index is 1270. The van der Waals surface area contributed by atoms with E-state index in [1.807, 2.05) is 32.9 Å². The summed E-state index contributed by atoms with van der Waals surface area (Å²) in [6, 6.07) is 16.1. The number of halogens is 1. The molecule has 35 heavy (non-hydrogen) atoms. The minimum absolute atomic E-state index is 0.113. The monoisotopic (exact) mass is 476 g/mol. The molecule has 0 saturated heterocycles. The maximum Gasteiger partial charge on any atom is 0.329 e. The smallest absolute Gasteiger partial charge is 0.329 e. The summed E-state index contributed by atoms with van der Waals surface area (Å²) in [6.07, 6.45) is 1.31. The molecule has 9 heteroatoms. The summed E-state index contributed by atoms with van der Waals surface area (Å²) in [5, 5.41) is 8.77. The second-order valence-electron chi connectivity index (χ2n) is 7.82. The lowest BCUT2D eigenvalue weighted by molar-refractivity contribution is -0.136. The SMILES string of the molecule is Cc1cc(C)c(NC(=O)COc2cccc(/C=N\NC(=O)C(=O)Nc3ccccc3F)c2)c(C)c1. The molecule has 0 spiro atoms. The van der Waals surface area contributed by atoms with Crippen molar-refractivity contribution in [2.24, 2.45) is 5.10 Å². The number of hydrogen-bond donors (Lipinski definition) is 3. The van der Waals surface area contributed by atoms with E-state index >= 15 is 0 Å². The fourth-order valence-electron chi connectivity index (χ4n) is 3.34. The highest BCUT2D eigenvalue weighted by Gasteiger charge is 2.14. The Morgan fingerprint density at radius 1 is 0.914 bits per heavy atom. The zero-order chi connectivity index (χ0) is 25.4. The molecule has 3 aromatic rings. The second-order valence-corrected chi connectivity index (χ2v) is 7.82. The molecule has 0 aliphatic heterocycles. The Kier molecular flexibility index (Phi) is 8.29. The van der Waals surface area contributed by atoms with E-state index in [9.17, 15) is 18.8 Å². The van der Waals surface area contributed by atoms with Crippen molar-refractivity contribution in [2.45, 2.75) is 20.8 Å². The van der Waals surface area contributed by atoms with Crippen LogP contribution >= 0.6 is 0 Å². The van der Waals surface area contributed by atoms with Crippen molar-refractivity contribution in [3.8, 4) is 5.75 Å². The molecule has 0 bridgehead atoms. The van der Waals surface area contributed by atoms with Gasteiger partial charge in [-0.25, -0.2) is 9.82 Å². The van der Waals surface area contributed by atoms with Crippen molar-refractivity contribution in [1.82, 2.24) is 5.43 Å². The first-order valence-corrected chi connectivity index (χ1v) is 10.7. The molecular weight excluding hydrogens is 451 g/mol. The number of hydrazone groups is 1. The molecule has 3 N–H and O–H groups in total. The van der Waals surface area contributed by atoms with Crippen LogP contribution in [0, 0.1) is 26.6 Å². The topological polar surface area (TPSA) is 109 Å². The third-order valence-electron chi connectivity index (χ3n) is 4.88. The molecule has 180 valence electrons. The Morgan fingerprint density at radius 3 is 2.34 bits per heavy atom. The molecule has 0 aromatic heterocycles. The first-order valence-electron chi connectivity index (χ1n) is 10.7. The van der Waals surface area contributed by atoms with E-state index in [-0.39, 0.29) is 18.2 Å². The maximum absolute atomic E-state index is 13.6. The molecule has 0 fully saturated rings. The third kappa shape index (κ3) is 7.23. The summed E-state index contributed by atoms with van der Waals surface area (Å²) in [7, 11) is 0. The lowest BCUT2D eigenvalue weighted by atomic mass is 10.1. The van der Waals surface area contributed by atoms with Gasteiger partial charge in [0.05, 0.1) is 11.9 Å². The summed E-state index contributed by atoms with van der Waals surface area (Å²) >= 11 is 0. The molecule has 3 aromatic carbocycles. The summed E-state index contributed by atoms with van der Waals surface area (Å²) in [5.41, 5.74) is 6.34. The van der Waals surface area contributed by atoms with E-state index in [1.54, 1.807) is 24.3 Å². The Morgan fingerprint density at radius 2 is 1.63 bits per heavy atom. The lowest BCUT2D eigenvalue weighted by Gasteiger charge is -2.13. The van der Waals surface area contributed by atoms with Crippen LogP contribution in [0.25, 0.3) is 0 Å². The first kappa shape index (κ1) is 25.1. The molecule has 3 amide bonds. The van der Waals surface area contributed by atoms with Crippen LogP contribution in [0.3, 0.4) is 0 Å². The largest absolute Gasteiger partial charge is 0.484 e. The van der Waals surface area contributed by atoms with Crippen molar-refractivity contribution in [2.75, 3.05) is 17.2 Å². The number of nitrogens with zero attached hydrogens (tertiary/aromatic N) is 1. The third-order valence-corrected chi connectivity index (χ3v) is 4.88. The average Bonchev–Trinajstić information content (AvgIpc) is 2.81. The van der Waals surface area contributed by atoms with Gasteiger partial charge in [0, 0.05) is 5.69 Å². The zero-order valence-corrected chi connectivity index (χ0v) is 19.5. The van der Waals surface area contributed by atoms with E-state index in [0.29, 0.717) is 11.3 Å². The van der Waals surface area contributed by atoms with Gasteiger partial charge in [0.15, 0.2) is 6.61 Å². The number of ether oxygens (including phenoxy) is 1. The van der Waals surface area contributed by atoms with Crippen LogP contribution in [-0.4, -0.2) is 30.5 Å². The number of nitrogens with one attached hydrogen (secondary N) is 3. The summed E-state index contributed by atoms with van der Waals surface area (Å²) < 4.78 is 19.1. The minimum atomic E-state index is -1.06. The minimum Gasteiger partial charge on any atom is -0.484 e. The van der Waals surface area contributed by atoms with Crippen molar-refractivity contribution < 1.29 is 23.5 Å². The zero-order valence-electron chi connectivity index (χ0n) is 19.5. The molecule has 0 unspecified atom stereocenters. The van der Waals surface area contributed by atoms with Crippen LogP contribution in [0.5, 0.6) is 5.75 Å². The molecule has 0 atom stereocenters. The normalized spacial score (nSPS) is 10.6. The van der Waals surface area contributed by atoms with Crippen LogP contribution in [-0.2, 0) is 14.4 Å². The Hall–Kier alpha value is -4.53. The van der Waals surface area contributed by atoms with E-state index in [1.165, 1.54) is 24.4 Å². The highest BCUT2D eigenvalue weighted by molar-refractivity contribution is 6.39. The lowest BCUT2D eigenvalue weighted by Crippen LogP contribution is -2.32. The van der Waals surface area contributed by atoms with Gasteiger partial charge >= 0.3 is 11.8 Å². The summed E-state index contributed by atoms with van der Waals surface area (Å²) in [6.45, 7) is 5.67. The molecule has 0 aliphatic rings. The second kappa shape index (κ2) is 11.6. The quantitative estimate of drug-likeness (QED) is 0.273. The maximum atomic E-state index is 13.6. The highest BCUT2D eigenvalue weighted by Crippen LogP contribution is 2.22. The standard InChI is InChI=1S/C26H25FN4O4/c1-16-11-17(2)24(18(3)12-16)30-23(32)15-35-20-8-6-7-19(13-20)14-28-31-26(34)25(33)29-22-10-5-4-9-21(22)27/h4-14H,15H2,1-3H3,(H,29,33)(H,30,32)(H,31,34)/b28-14-. The summed E-state index contributed by atoms with van der Waals surface area (Å²) in [5.74, 6) is -2.66. The van der Waals surface area contributed by atoms with E-state index in [4.69, 9.17) is 4.74 Å². The number of benzene rings is 3. The van der Waals surface area contributed by atoms with Crippen molar-refractivity contribution in [3.05, 3.63) is 88.7 Å². The van der Waals surface area contributed by atoms with Crippen LogP contribution < -0.4 is 20.8 Å². The highest BCUT2D eigenvalue weighted by atomic mass is 19.1. The number of anilines is 2. The van der Waals surface area contributed by atoms with Gasteiger partial charge in [-0.1, -0.05) is 42.0 Å². The Labute approximate surface area is 202 Å². The van der Waals surface area contributed by atoms with Crippen LogP contribution in [0.4, 0.5) is 15.8 Å². The van der Waals surface area contributed by atoms with Gasteiger partial charge < -0.3 is 15.4 Å². The Balaban J connectivity index is 1.51. The molecular formula is C26H25FN4O4. The van der Waals surface area contributed by atoms with E-state index in [2.05, 4.69) is 21.2 Å². The number of carbonyl (C=O) groups is 3.